The van der Waals surface area contributed by atoms with Crippen molar-refractivity contribution in [1.82, 2.24) is 14.8 Å². The predicted octanol–water partition coefficient (Wildman–Crippen LogP) is 2.53. The summed E-state index contributed by atoms with van der Waals surface area (Å²) in [4.78, 5) is 4.29. The first-order valence-corrected chi connectivity index (χ1v) is 5.80. The molecule has 0 fully saturated rings. The van der Waals surface area contributed by atoms with Crippen LogP contribution in [0.4, 0.5) is 5.82 Å². The molecular formula is C14H14N4. The lowest BCUT2D eigenvalue weighted by molar-refractivity contribution is 0.782. The maximum atomic E-state index is 5.81. The monoisotopic (exact) mass is 238 g/mol. The third kappa shape index (κ3) is 1.62. The third-order valence-electron chi connectivity index (χ3n) is 3.18. The predicted molar refractivity (Wildman–Crippen MR) is 73.1 cm³/mol. The Morgan fingerprint density at radius 1 is 1.17 bits per heavy atom. The molecule has 0 amide bonds. The zero-order valence-corrected chi connectivity index (χ0v) is 10.4. The Bertz CT molecular complexity index is 708. The molecule has 1 aromatic carbocycles. The molecule has 3 aromatic rings. The second-order valence-corrected chi connectivity index (χ2v) is 4.41. The number of aryl methyl sites for hydroxylation is 2. The van der Waals surface area contributed by atoms with Crippen molar-refractivity contribution in [3.05, 3.63) is 42.2 Å². The van der Waals surface area contributed by atoms with Gasteiger partial charge in [0.1, 0.15) is 5.82 Å². The zero-order chi connectivity index (χ0) is 12.7. The highest BCUT2D eigenvalue weighted by molar-refractivity contribution is 5.88. The van der Waals surface area contributed by atoms with Gasteiger partial charge in [0.25, 0.3) is 0 Å². The number of pyridine rings is 1. The van der Waals surface area contributed by atoms with E-state index in [-0.39, 0.29) is 0 Å². The molecule has 0 radical (unpaired) electrons. The fourth-order valence-corrected chi connectivity index (χ4v) is 2.11. The topological polar surface area (TPSA) is 56.7 Å². The van der Waals surface area contributed by atoms with Crippen molar-refractivity contribution in [2.75, 3.05) is 5.73 Å². The van der Waals surface area contributed by atoms with Crippen LogP contribution in [0.25, 0.3) is 22.0 Å². The molecule has 0 saturated carbocycles. The van der Waals surface area contributed by atoms with Gasteiger partial charge in [0.15, 0.2) is 0 Å². The second-order valence-electron chi connectivity index (χ2n) is 4.41. The molecule has 2 heterocycles. The molecule has 2 N–H and O–H groups in total. The van der Waals surface area contributed by atoms with Gasteiger partial charge in [-0.25, -0.2) is 0 Å². The van der Waals surface area contributed by atoms with E-state index in [1.165, 1.54) is 10.8 Å². The number of nitrogens with zero attached hydrogens (tertiary/aromatic N) is 3. The SMILES string of the molecule is Cc1nccc2cc(-c3cc(N)n(C)n3)ccc12. The summed E-state index contributed by atoms with van der Waals surface area (Å²) < 4.78 is 1.68. The van der Waals surface area contributed by atoms with Crippen molar-refractivity contribution in [1.29, 1.82) is 0 Å². The molecule has 0 aliphatic heterocycles. The quantitative estimate of drug-likeness (QED) is 0.708. The molecule has 4 heteroatoms. The van der Waals surface area contributed by atoms with E-state index in [0.717, 1.165) is 17.0 Å². The van der Waals surface area contributed by atoms with Crippen LogP contribution in [0, 0.1) is 6.92 Å². The Balaban J connectivity index is 2.19. The van der Waals surface area contributed by atoms with Crippen LogP contribution >= 0.6 is 0 Å². The van der Waals surface area contributed by atoms with E-state index in [1.807, 2.05) is 32.3 Å². The summed E-state index contributed by atoms with van der Waals surface area (Å²) in [5.74, 6) is 0.663. The van der Waals surface area contributed by atoms with Crippen LogP contribution in [0.1, 0.15) is 5.69 Å². The van der Waals surface area contributed by atoms with E-state index >= 15 is 0 Å². The van der Waals surface area contributed by atoms with Gasteiger partial charge in [0.05, 0.1) is 5.69 Å². The number of rotatable bonds is 1. The summed E-state index contributed by atoms with van der Waals surface area (Å²) in [6.07, 6.45) is 1.83. The molecule has 0 atom stereocenters. The lowest BCUT2D eigenvalue weighted by Crippen LogP contribution is -1.96. The minimum absolute atomic E-state index is 0.663. The highest BCUT2D eigenvalue weighted by atomic mass is 15.3. The molecule has 0 spiro atoms. The largest absolute Gasteiger partial charge is 0.384 e. The summed E-state index contributed by atoms with van der Waals surface area (Å²) in [5, 5.41) is 6.73. The van der Waals surface area contributed by atoms with Gasteiger partial charge in [0, 0.05) is 36.0 Å². The Morgan fingerprint density at radius 3 is 2.72 bits per heavy atom. The van der Waals surface area contributed by atoms with E-state index in [2.05, 4.69) is 28.3 Å². The van der Waals surface area contributed by atoms with Crippen LogP contribution in [0.5, 0.6) is 0 Å². The lowest BCUT2D eigenvalue weighted by Gasteiger charge is -2.03. The summed E-state index contributed by atoms with van der Waals surface area (Å²) in [6, 6.07) is 10.1. The van der Waals surface area contributed by atoms with Crippen molar-refractivity contribution < 1.29 is 0 Å². The summed E-state index contributed by atoms with van der Waals surface area (Å²) >= 11 is 0. The van der Waals surface area contributed by atoms with Gasteiger partial charge in [-0.05, 0) is 24.4 Å². The van der Waals surface area contributed by atoms with Crippen LogP contribution in [0.3, 0.4) is 0 Å². The Morgan fingerprint density at radius 2 is 2.00 bits per heavy atom. The molecule has 2 aromatic heterocycles. The molecule has 3 rings (SSSR count). The third-order valence-corrected chi connectivity index (χ3v) is 3.18. The van der Waals surface area contributed by atoms with Gasteiger partial charge in [-0.3, -0.25) is 9.67 Å². The van der Waals surface area contributed by atoms with Crippen LogP contribution in [-0.4, -0.2) is 14.8 Å². The van der Waals surface area contributed by atoms with Gasteiger partial charge in [-0.15, -0.1) is 0 Å². The number of nitrogens with two attached hydrogens (primary N) is 1. The minimum Gasteiger partial charge on any atom is -0.384 e. The highest BCUT2D eigenvalue weighted by Gasteiger charge is 2.06. The van der Waals surface area contributed by atoms with Crippen LogP contribution in [0.2, 0.25) is 0 Å². The van der Waals surface area contributed by atoms with Crippen LogP contribution in [-0.2, 0) is 7.05 Å². The van der Waals surface area contributed by atoms with Crippen molar-refractivity contribution in [3.8, 4) is 11.3 Å². The number of anilines is 1. The molecule has 0 saturated heterocycles. The molecule has 0 unspecified atom stereocenters. The maximum absolute atomic E-state index is 5.81. The normalized spacial score (nSPS) is 11.0. The first-order chi connectivity index (χ1) is 8.65. The average molecular weight is 238 g/mol. The summed E-state index contributed by atoms with van der Waals surface area (Å²) in [6.45, 7) is 2.01. The van der Waals surface area contributed by atoms with E-state index < -0.39 is 0 Å². The second kappa shape index (κ2) is 3.84. The molecule has 18 heavy (non-hydrogen) atoms. The van der Waals surface area contributed by atoms with Gasteiger partial charge < -0.3 is 5.73 Å². The summed E-state index contributed by atoms with van der Waals surface area (Å²) in [7, 11) is 1.84. The van der Waals surface area contributed by atoms with Crippen molar-refractivity contribution in [3.63, 3.8) is 0 Å². The number of hydrogen-bond donors (Lipinski definition) is 1. The molecule has 0 bridgehead atoms. The molecule has 4 nitrogen and oxygen atoms in total. The zero-order valence-electron chi connectivity index (χ0n) is 10.4. The highest BCUT2D eigenvalue weighted by Crippen LogP contribution is 2.25. The minimum atomic E-state index is 0.663. The van der Waals surface area contributed by atoms with Gasteiger partial charge in [0.2, 0.25) is 0 Å². The number of benzene rings is 1. The molecule has 0 aliphatic rings. The first-order valence-electron chi connectivity index (χ1n) is 5.80. The molecule has 0 aliphatic carbocycles. The fraction of sp³-hybridized carbons (Fsp3) is 0.143. The Kier molecular flexibility index (Phi) is 2.30. The van der Waals surface area contributed by atoms with Crippen molar-refractivity contribution in [2.45, 2.75) is 6.92 Å². The van der Waals surface area contributed by atoms with E-state index in [1.54, 1.807) is 4.68 Å². The van der Waals surface area contributed by atoms with Crippen molar-refractivity contribution >= 4 is 16.6 Å². The number of hydrogen-bond acceptors (Lipinski definition) is 3. The van der Waals surface area contributed by atoms with E-state index in [9.17, 15) is 0 Å². The lowest BCUT2D eigenvalue weighted by atomic mass is 10.1. The Hall–Kier alpha value is -2.36. The van der Waals surface area contributed by atoms with Crippen molar-refractivity contribution in [2.24, 2.45) is 7.05 Å². The molecule has 90 valence electrons. The number of fused-ring (bicyclic) bond motifs is 1. The standard InChI is InChI=1S/C14H14N4/c1-9-12-4-3-11(7-10(12)5-6-16-9)13-8-14(15)18(2)17-13/h3-8H,15H2,1-2H3. The van der Waals surface area contributed by atoms with Gasteiger partial charge >= 0.3 is 0 Å². The van der Waals surface area contributed by atoms with E-state index in [4.69, 9.17) is 5.73 Å². The van der Waals surface area contributed by atoms with Crippen LogP contribution < -0.4 is 5.73 Å². The van der Waals surface area contributed by atoms with Gasteiger partial charge in [-0.1, -0.05) is 12.1 Å². The van der Waals surface area contributed by atoms with E-state index in [0.29, 0.717) is 5.82 Å². The molecular weight excluding hydrogens is 224 g/mol. The van der Waals surface area contributed by atoms with Gasteiger partial charge in [-0.2, -0.15) is 5.10 Å². The smallest absolute Gasteiger partial charge is 0.121 e. The Labute approximate surface area is 105 Å². The van der Waals surface area contributed by atoms with Crippen LogP contribution in [0.15, 0.2) is 36.5 Å². The maximum Gasteiger partial charge on any atom is 0.121 e. The number of aromatic nitrogens is 3. The first kappa shape index (κ1) is 10.8. The average Bonchev–Trinajstić information content (AvgIpc) is 2.70. The number of nitrogen functional groups attached to an aromatic ring is 1. The fourth-order valence-electron chi connectivity index (χ4n) is 2.11. The summed E-state index contributed by atoms with van der Waals surface area (Å²) in [5.41, 5.74) is 8.81.